The van der Waals surface area contributed by atoms with Crippen molar-refractivity contribution in [2.24, 2.45) is 11.1 Å². The number of rotatable bonds is 3. The first kappa shape index (κ1) is 22.5. The van der Waals surface area contributed by atoms with E-state index in [-0.39, 0.29) is 23.1 Å². The van der Waals surface area contributed by atoms with E-state index in [2.05, 4.69) is 10.5 Å². The summed E-state index contributed by atoms with van der Waals surface area (Å²) in [5.74, 6) is -0.777. The van der Waals surface area contributed by atoms with Gasteiger partial charge in [-0.25, -0.2) is 4.39 Å². The van der Waals surface area contributed by atoms with Crippen molar-refractivity contribution in [1.29, 1.82) is 0 Å². The normalized spacial score (nSPS) is 28.8. The van der Waals surface area contributed by atoms with Crippen LogP contribution in [0.15, 0.2) is 9.97 Å². The highest BCUT2D eigenvalue weighted by Crippen LogP contribution is 2.40. The molecule has 2 fully saturated rings. The van der Waals surface area contributed by atoms with Crippen LogP contribution < -0.4 is 10.9 Å². The van der Waals surface area contributed by atoms with Crippen LogP contribution in [0.2, 0.25) is 0 Å². The Hall–Kier alpha value is -2.29. The Kier molecular flexibility index (Phi) is 5.79. The third kappa shape index (κ3) is 3.59. The van der Waals surface area contributed by atoms with Crippen LogP contribution in [0.5, 0.6) is 0 Å². The molecule has 1 spiro atoms. The minimum atomic E-state index is -1.04. The molecule has 4 aliphatic rings. The zero-order valence-corrected chi connectivity index (χ0v) is 19.2. The molecule has 0 bridgehead atoms. The van der Waals surface area contributed by atoms with Crippen LogP contribution in [-0.2, 0) is 12.1 Å². The summed E-state index contributed by atoms with van der Waals surface area (Å²) in [5.41, 5.74) is -1.31. The van der Waals surface area contributed by atoms with E-state index in [0.29, 0.717) is 63.6 Å². The van der Waals surface area contributed by atoms with Gasteiger partial charge < -0.3 is 10.2 Å². The van der Waals surface area contributed by atoms with Gasteiger partial charge in [0.05, 0.1) is 10.9 Å². The van der Waals surface area contributed by atoms with Crippen molar-refractivity contribution < 1.29 is 14.0 Å². The molecule has 8 nitrogen and oxygen atoms in total. The average Bonchev–Trinajstić information content (AvgIpc) is 2.97. The molecule has 33 heavy (non-hydrogen) atoms. The van der Waals surface area contributed by atoms with Crippen LogP contribution in [0.1, 0.15) is 84.2 Å². The Morgan fingerprint density at radius 3 is 2.58 bits per heavy atom. The number of alkyl halides is 2. The van der Waals surface area contributed by atoms with Gasteiger partial charge in [-0.3, -0.25) is 19.0 Å². The first-order valence-electron chi connectivity index (χ1n) is 11.9. The van der Waals surface area contributed by atoms with E-state index in [0.717, 1.165) is 19.3 Å². The van der Waals surface area contributed by atoms with Crippen molar-refractivity contribution in [1.82, 2.24) is 14.8 Å². The Morgan fingerprint density at radius 1 is 1.12 bits per heavy atom. The molecular weight excluding hydrogens is 451 g/mol. The lowest BCUT2D eigenvalue weighted by Gasteiger charge is -2.35. The lowest BCUT2D eigenvalue weighted by atomic mass is 9.87. The molecule has 3 unspecified atom stereocenters. The van der Waals surface area contributed by atoms with Crippen LogP contribution in [-0.4, -0.2) is 45.9 Å². The number of pyridine rings is 1. The van der Waals surface area contributed by atoms with Crippen molar-refractivity contribution in [3.05, 3.63) is 32.1 Å². The van der Waals surface area contributed by atoms with Gasteiger partial charge in [-0.1, -0.05) is 6.42 Å². The molecule has 2 saturated carbocycles. The van der Waals surface area contributed by atoms with Crippen LogP contribution in [0, 0.1) is 10.8 Å². The summed E-state index contributed by atoms with van der Waals surface area (Å²) in [7, 11) is 0. The van der Waals surface area contributed by atoms with Gasteiger partial charge in [-0.15, -0.1) is 16.5 Å². The Morgan fingerprint density at radius 2 is 1.88 bits per heavy atom. The largest absolute Gasteiger partial charge is 0.338 e. The molecule has 1 N–H and O–H groups in total. The summed E-state index contributed by atoms with van der Waals surface area (Å²) in [6, 6.07) is 0. The molecular formula is C23H28ClFN4O4. The number of nitroso groups, excluding NO2 is 1. The van der Waals surface area contributed by atoms with E-state index in [1.807, 2.05) is 0 Å². The summed E-state index contributed by atoms with van der Waals surface area (Å²) in [6.07, 6.45) is 5.36. The molecule has 2 aliphatic heterocycles. The summed E-state index contributed by atoms with van der Waals surface area (Å²) >= 11 is 6.13. The molecule has 178 valence electrons. The van der Waals surface area contributed by atoms with Gasteiger partial charge in [0, 0.05) is 13.1 Å². The lowest BCUT2D eigenvalue weighted by molar-refractivity contribution is 0.0707. The molecule has 1 aromatic heterocycles. The SMILES string of the molecule is O=Nc1c2c(c3n(c1=O)C1(CCCCC1)NC3=O)CCCN(CC1CCC(F)C(Cl)C1)C2=O. The summed E-state index contributed by atoms with van der Waals surface area (Å²) in [6.45, 7) is 0.801. The van der Waals surface area contributed by atoms with E-state index >= 15 is 0 Å². The lowest BCUT2D eigenvalue weighted by Crippen LogP contribution is -2.48. The molecule has 0 saturated heterocycles. The minimum absolute atomic E-state index is 0.0386. The van der Waals surface area contributed by atoms with Crippen molar-refractivity contribution in [2.45, 2.75) is 81.4 Å². The van der Waals surface area contributed by atoms with Gasteiger partial charge in [-0.2, -0.15) is 0 Å². The number of carbonyl (C=O) groups excluding carboxylic acids is 2. The summed E-state index contributed by atoms with van der Waals surface area (Å²) in [5, 5.41) is 5.45. The molecule has 1 aromatic rings. The highest BCUT2D eigenvalue weighted by molar-refractivity contribution is 6.21. The molecule has 3 heterocycles. The topological polar surface area (TPSA) is 101 Å². The number of hydrogen-bond acceptors (Lipinski definition) is 5. The maximum Gasteiger partial charge on any atom is 0.283 e. The third-order valence-electron chi connectivity index (χ3n) is 7.85. The van der Waals surface area contributed by atoms with Gasteiger partial charge in [0.15, 0.2) is 5.69 Å². The molecule has 2 amide bonds. The van der Waals surface area contributed by atoms with Crippen molar-refractivity contribution in [3.8, 4) is 0 Å². The average molecular weight is 479 g/mol. The first-order chi connectivity index (χ1) is 15.9. The smallest absolute Gasteiger partial charge is 0.283 e. The number of hydrogen-bond donors (Lipinski definition) is 1. The van der Waals surface area contributed by atoms with Crippen LogP contribution in [0.4, 0.5) is 10.1 Å². The van der Waals surface area contributed by atoms with Gasteiger partial charge in [0.25, 0.3) is 17.4 Å². The van der Waals surface area contributed by atoms with E-state index < -0.39 is 34.4 Å². The van der Waals surface area contributed by atoms with Gasteiger partial charge >= 0.3 is 0 Å². The molecule has 3 atom stereocenters. The van der Waals surface area contributed by atoms with Gasteiger partial charge in [0.1, 0.15) is 17.5 Å². The van der Waals surface area contributed by atoms with E-state index in [4.69, 9.17) is 11.6 Å². The molecule has 0 aromatic carbocycles. The van der Waals surface area contributed by atoms with Crippen molar-refractivity contribution in [2.75, 3.05) is 13.1 Å². The number of fused-ring (bicyclic) bond motifs is 4. The fraction of sp³-hybridized carbons (Fsp3) is 0.696. The number of amides is 2. The standard InChI is InChI=1S/C23H28ClFN4O4/c24-15-11-13(6-7-16(15)25)12-28-10-4-5-14-17(21(28)31)18(27-33)22(32)29-19(14)20(30)26-23(29)8-2-1-3-9-23/h13,15-16H,1-12H2,(H,26,30). The minimum Gasteiger partial charge on any atom is -0.338 e. The Labute approximate surface area is 195 Å². The number of halogens is 2. The summed E-state index contributed by atoms with van der Waals surface area (Å²) in [4.78, 5) is 53.7. The first-order valence-corrected chi connectivity index (χ1v) is 12.4. The molecule has 2 aliphatic carbocycles. The second kappa shape index (κ2) is 8.49. The second-order valence-corrected chi connectivity index (χ2v) is 10.5. The summed E-state index contributed by atoms with van der Waals surface area (Å²) < 4.78 is 15.2. The van der Waals surface area contributed by atoms with E-state index in [1.54, 1.807) is 4.90 Å². The quantitative estimate of drug-likeness (QED) is 0.528. The maximum absolute atomic E-state index is 13.8. The molecule has 5 rings (SSSR count). The number of carbonyl (C=O) groups is 2. The highest BCUT2D eigenvalue weighted by atomic mass is 35.5. The Bertz CT molecular complexity index is 1070. The predicted octanol–water partition coefficient (Wildman–Crippen LogP) is 3.74. The fourth-order valence-corrected chi connectivity index (χ4v) is 6.62. The van der Waals surface area contributed by atoms with Crippen LogP contribution in [0.25, 0.3) is 0 Å². The Balaban J connectivity index is 1.56. The van der Waals surface area contributed by atoms with E-state index in [1.165, 1.54) is 4.57 Å². The maximum atomic E-state index is 13.8. The van der Waals surface area contributed by atoms with Gasteiger partial charge in [0.2, 0.25) is 0 Å². The molecule has 10 heteroatoms. The van der Waals surface area contributed by atoms with Crippen LogP contribution >= 0.6 is 11.6 Å². The number of aromatic nitrogens is 1. The number of nitrogens with zero attached hydrogens (tertiary/aromatic N) is 3. The highest BCUT2D eigenvalue weighted by Gasteiger charge is 2.48. The third-order valence-corrected chi connectivity index (χ3v) is 8.30. The zero-order valence-electron chi connectivity index (χ0n) is 18.4. The van der Waals surface area contributed by atoms with E-state index in [9.17, 15) is 23.7 Å². The van der Waals surface area contributed by atoms with Crippen molar-refractivity contribution >= 4 is 29.1 Å². The van der Waals surface area contributed by atoms with Crippen molar-refractivity contribution in [3.63, 3.8) is 0 Å². The number of nitrogens with one attached hydrogen (secondary N) is 1. The van der Waals surface area contributed by atoms with Gasteiger partial charge in [-0.05, 0) is 74.4 Å². The molecule has 0 radical (unpaired) electrons. The monoisotopic (exact) mass is 478 g/mol. The second-order valence-electron chi connectivity index (χ2n) is 9.89. The fourth-order valence-electron chi connectivity index (χ4n) is 6.25. The predicted molar refractivity (Wildman–Crippen MR) is 121 cm³/mol. The van der Waals surface area contributed by atoms with Crippen LogP contribution in [0.3, 0.4) is 0 Å². The zero-order chi connectivity index (χ0) is 23.3.